The van der Waals surface area contributed by atoms with Gasteiger partial charge >= 0.3 is 12.0 Å². The van der Waals surface area contributed by atoms with E-state index in [4.69, 9.17) is 25.8 Å². The molecule has 0 radical (unpaired) electrons. The summed E-state index contributed by atoms with van der Waals surface area (Å²) in [6, 6.07) is 2.09. The van der Waals surface area contributed by atoms with Crippen LogP contribution in [0.5, 0.6) is 11.5 Å². The molecule has 1 aromatic carbocycles. The van der Waals surface area contributed by atoms with Gasteiger partial charge in [0.05, 0.1) is 24.3 Å². The van der Waals surface area contributed by atoms with Gasteiger partial charge < -0.3 is 19.5 Å². The van der Waals surface area contributed by atoms with Crippen LogP contribution in [0.2, 0.25) is 5.02 Å². The third kappa shape index (κ3) is 6.79. The molecule has 1 rings (SSSR count). The van der Waals surface area contributed by atoms with E-state index in [1.54, 1.807) is 0 Å². The molecule has 0 aromatic heterocycles. The van der Waals surface area contributed by atoms with Crippen LogP contribution in [0, 0.1) is 5.92 Å². The molecule has 0 saturated carbocycles. The van der Waals surface area contributed by atoms with Gasteiger partial charge in [-0.3, -0.25) is 10.1 Å². The van der Waals surface area contributed by atoms with E-state index in [1.807, 2.05) is 5.32 Å². The zero-order chi connectivity index (χ0) is 19.7. The first-order chi connectivity index (χ1) is 12.3. The van der Waals surface area contributed by atoms with E-state index < -0.39 is 24.5 Å². The van der Waals surface area contributed by atoms with Crippen molar-refractivity contribution in [3.63, 3.8) is 0 Å². The number of amides is 3. The fourth-order valence-corrected chi connectivity index (χ4v) is 2.08. The molecule has 0 fully saturated rings. The third-order valence-electron chi connectivity index (χ3n) is 3.22. The lowest BCUT2D eigenvalue weighted by atomic mass is 10.1. The first-order valence-electron chi connectivity index (χ1n) is 7.97. The number of halogens is 1. The van der Waals surface area contributed by atoms with Crippen LogP contribution < -0.4 is 20.1 Å². The molecule has 0 unspecified atom stereocenters. The number of imide groups is 1. The average Bonchev–Trinajstić information content (AvgIpc) is 2.60. The van der Waals surface area contributed by atoms with E-state index in [-0.39, 0.29) is 16.3 Å². The molecule has 9 heteroatoms. The van der Waals surface area contributed by atoms with Crippen molar-refractivity contribution in [1.82, 2.24) is 10.6 Å². The number of rotatable bonds is 8. The fraction of sp³-hybridized carbons (Fsp3) is 0.471. The van der Waals surface area contributed by atoms with Crippen molar-refractivity contribution in [3.05, 3.63) is 22.7 Å². The number of hydrogen-bond acceptors (Lipinski definition) is 6. The van der Waals surface area contributed by atoms with Gasteiger partial charge in [0.1, 0.15) is 0 Å². The Bertz CT molecular complexity index is 663. The van der Waals surface area contributed by atoms with Gasteiger partial charge in [-0.05, 0) is 24.5 Å². The molecule has 2 N–H and O–H groups in total. The van der Waals surface area contributed by atoms with Gasteiger partial charge in [0.25, 0.3) is 5.91 Å². The minimum absolute atomic E-state index is 0.0933. The SMILES string of the molecule is CNC(=O)NC(=O)COC(=O)c1cc(Cl)c(OCCC(C)C)c(OC)c1. The number of esters is 1. The Morgan fingerprint density at radius 1 is 1.23 bits per heavy atom. The number of hydrogen-bond donors (Lipinski definition) is 2. The zero-order valence-electron chi connectivity index (χ0n) is 15.2. The second kappa shape index (κ2) is 10.5. The monoisotopic (exact) mass is 386 g/mol. The molecule has 1 aromatic rings. The highest BCUT2D eigenvalue weighted by atomic mass is 35.5. The Morgan fingerprint density at radius 3 is 2.50 bits per heavy atom. The van der Waals surface area contributed by atoms with Gasteiger partial charge in [-0.25, -0.2) is 9.59 Å². The van der Waals surface area contributed by atoms with Crippen molar-refractivity contribution < 1.29 is 28.6 Å². The molecule has 0 saturated heterocycles. The fourth-order valence-electron chi connectivity index (χ4n) is 1.81. The molecule has 0 aliphatic heterocycles. The third-order valence-corrected chi connectivity index (χ3v) is 3.50. The summed E-state index contributed by atoms with van der Waals surface area (Å²) >= 11 is 6.18. The molecule has 0 aliphatic carbocycles. The summed E-state index contributed by atoms with van der Waals surface area (Å²) in [5, 5.41) is 4.37. The van der Waals surface area contributed by atoms with Crippen LogP contribution in [0.25, 0.3) is 0 Å². The Balaban J connectivity index is 2.77. The molecule has 0 atom stereocenters. The summed E-state index contributed by atoms with van der Waals surface area (Å²) in [6.45, 7) is 3.99. The number of urea groups is 1. The minimum atomic E-state index is -0.786. The highest BCUT2D eigenvalue weighted by Gasteiger charge is 2.18. The molecule has 3 amide bonds. The maximum Gasteiger partial charge on any atom is 0.338 e. The first-order valence-corrected chi connectivity index (χ1v) is 8.35. The number of nitrogens with one attached hydrogen (secondary N) is 2. The largest absolute Gasteiger partial charge is 0.493 e. The number of benzene rings is 1. The van der Waals surface area contributed by atoms with Crippen LogP contribution in [-0.2, 0) is 9.53 Å². The zero-order valence-corrected chi connectivity index (χ0v) is 15.9. The van der Waals surface area contributed by atoms with Crippen molar-refractivity contribution in [1.29, 1.82) is 0 Å². The summed E-state index contributed by atoms with van der Waals surface area (Å²) < 4.78 is 15.7. The van der Waals surface area contributed by atoms with Gasteiger partial charge in [-0.2, -0.15) is 0 Å². The molecule has 144 valence electrons. The maximum absolute atomic E-state index is 12.1. The number of methoxy groups -OCH3 is 1. The molecular formula is C17H23ClN2O6. The standard InChI is InChI=1S/C17H23ClN2O6/c1-10(2)5-6-25-15-12(18)7-11(8-13(15)24-4)16(22)26-9-14(21)20-17(23)19-3/h7-8,10H,5-6,9H2,1-4H3,(H2,19,20,21,23). The van der Waals surface area contributed by atoms with Crippen molar-refractivity contribution >= 4 is 29.5 Å². The highest BCUT2D eigenvalue weighted by molar-refractivity contribution is 6.32. The number of carbonyl (C=O) groups is 3. The molecule has 8 nitrogen and oxygen atoms in total. The highest BCUT2D eigenvalue weighted by Crippen LogP contribution is 2.36. The maximum atomic E-state index is 12.1. The molecule has 0 aliphatic rings. The van der Waals surface area contributed by atoms with Crippen molar-refractivity contribution in [2.45, 2.75) is 20.3 Å². The lowest BCUT2D eigenvalue weighted by Gasteiger charge is -2.14. The molecular weight excluding hydrogens is 364 g/mol. The van der Waals surface area contributed by atoms with E-state index in [9.17, 15) is 14.4 Å². The molecule has 0 spiro atoms. The first kappa shape index (κ1) is 21.6. The quantitative estimate of drug-likeness (QED) is 0.665. The molecule has 26 heavy (non-hydrogen) atoms. The van der Waals surface area contributed by atoms with Crippen LogP contribution >= 0.6 is 11.6 Å². The Kier molecular flexibility index (Phi) is 8.71. The van der Waals surface area contributed by atoms with E-state index in [0.717, 1.165) is 6.42 Å². The predicted octanol–water partition coefficient (Wildman–Crippen LogP) is 2.39. The topological polar surface area (TPSA) is 103 Å². The van der Waals surface area contributed by atoms with E-state index >= 15 is 0 Å². The lowest BCUT2D eigenvalue weighted by Crippen LogP contribution is -2.39. The van der Waals surface area contributed by atoms with E-state index in [2.05, 4.69) is 19.2 Å². The van der Waals surface area contributed by atoms with Crippen LogP contribution in [0.1, 0.15) is 30.6 Å². The minimum Gasteiger partial charge on any atom is -0.493 e. The van der Waals surface area contributed by atoms with Crippen molar-refractivity contribution in [2.75, 3.05) is 27.4 Å². The van der Waals surface area contributed by atoms with E-state index in [0.29, 0.717) is 18.3 Å². The summed E-state index contributed by atoms with van der Waals surface area (Å²) in [5.41, 5.74) is 0.0933. The van der Waals surface area contributed by atoms with Crippen LogP contribution in [0.15, 0.2) is 12.1 Å². The van der Waals surface area contributed by atoms with E-state index in [1.165, 1.54) is 26.3 Å². The average molecular weight is 387 g/mol. The predicted molar refractivity (Wildman–Crippen MR) is 95.8 cm³/mol. The van der Waals surface area contributed by atoms with Crippen molar-refractivity contribution in [3.8, 4) is 11.5 Å². The Labute approximate surface area is 157 Å². The Hall–Kier alpha value is -2.48. The molecule has 0 bridgehead atoms. The smallest absolute Gasteiger partial charge is 0.338 e. The summed E-state index contributed by atoms with van der Waals surface area (Å²) in [4.78, 5) is 34.5. The summed E-state index contributed by atoms with van der Waals surface area (Å²) in [5.74, 6) is -0.461. The van der Waals surface area contributed by atoms with Gasteiger partial charge in [0, 0.05) is 7.05 Å². The number of ether oxygens (including phenoxy) is 3. The second-order valence-corrected chi connectivity index (χ2v) is 6.13. The second-order valence-electron chi connectivity index (χ2n) is 5.72. The van der Waals surface area contributed by atoms with Crippen LogP contribution in [0.3, 0.4) is 0 Å². The summed E-state index contributed by atoms with van der Waals surface area (Å²) in [7, 11) is 2.78. The lowest BCUT2D eigenvalue weighted by molar-refractivity contribution is -0.123. The molecule has 0 heterocycles. The summed E-state index contributed by atoms with van der Waals surface area (Å²) in [6.07, 6.45) is 0.837. The van der Waals surface area contributed by atoms with Crippen LogP contribution in [0.4, 0.5) is 4.79 Å². The van der Waals surface area contributed by atoms with Gasteiger partial charge in [-0.15, -0.1) is 0 Å². The van der Waals surface area contributed by atoms with Gasteiger partial charge in [0.2, 0.25) is 0 Å². The Morgan fingerprint density at radius 2 is 1.92 bits per heavy atom. The number of carbonyl (C=O) groups excluding carboxylic acids is 3. The van der Waals surface area contributed by atoms with Gasteiger partial charge in [0.15, 0.2) is 18.1 Å². The van der Waals surface area contributed by atoms with Gasteiger partial charge in [-0.1, -0.05) is 25.4 Å². The van der Waals surface area contributed by atoms with Crippen molar-refractivity contribution in [2.24, 2.45) is 5.92 Å². The van der Waals surface area contributed by atoms with Crippen LogP contribution in [-0.4, -0.2) is 45.3 Å². The normalized spacial score (nSPS) is 10.2.